The van der Waals surface area contributed by atoms with Crippen molar-refractivity contribution >= 4 is 17.8 Å². The highest BCUT2D eigenvalue weighted by Gasteiger charge is 2.23. The van der Waals surface area contributed by atoms with Crippen LogP contribution in [0.5, 0.6) is 5.75 Å². The van der Waals surface area contributed by atoms with Crippen LogP contribution >= 0.6 is 11.8 Å². The van der Waals surface area contributed by atoms with E-state index >= 15 is 0 Å². The molecule has 0 bridgehead atoms. The predicted octanol–water partition coefficient (Wildman–Crippen LogP) is 5.66. The Morgan fingerprint density at radius 3 is 2.58 bits per heavy atom. The summed E-state index contributed by atoms with van der Waals surface area (Å²) in [6, 6.07) is 9.44. The number of benzene rings is 1. The van der Waals surface area contributed by atoms with E-state index in [9.17, 15) is 4.39 Å². The molecule has 1 atom stereocenters. The summed E-state index contributed by atoms with van der Waals surface area (Å²) in [5.41, 5.74) is 1.50. The van der Waals surface area contributed by atoms with Crippen LogP contribution in [-0.4, -0.2) is 41.6 Å². The zero-order chi connectivity index (χ0) is 22.4. The normalized spacial score (nSPS) is 15.7. The summed E-state index contributed by atoms with van der Waals surface area (Å²) in [6.07, 6.45) is 4.69. The lowest BCUT2D eigenvalue weighted by atomic mass is 10.1. The minimum atomic E-state index is -0.215. The minimum Gasteiger partial charge on any atom is -0.495 e. The van der Waals surface area contributed by atoms with Gasteiger partial charge in [-0.1, -0.05) is 32.0 Å². The third-order valence-electron chi connectivity index (χ3n) is 5.06. The van der Waals surface area contributed by atoms with Crippen LogP contribution in [-0.2, 0) is 0 Å². The molecule has 6 nitrogen and oxygen atoms in total. The number of rotatable bonds is 5. The summed E-state index contributed by atoms with van der Waals surface area (Å²) in [5, 5.41) is 3.96. The number of methoxy groups -OCH3 is 1. The molecule has 1 unspecified atom stereocenters. The maximum absolute atomic E-state index is 13.6. The molecule has 0 aliphatic carbocycles. The van der Waals surface area contributed by atoms with Crippen molar-refractivity contribution in [3.8, 4) is 17.0 Å². The molecule has 3 aromatic rings. The van der Waals surface area contributed by atoms with Gasteiger partial charge in [-0.2, -0.15) is 4.98 Å². The Balaban J connectivity index is 0.000000179. The highest BCUT2D eigenvalue weighted by Crippen LogP contribution is 2.26. The number of hydrogen-bond acceptors (Lipinski definition) is 7. The number of aromatic nitrogens is 3. The van der Waals surface area contributed by atoms with Crippen molar-refractivity contribution in [2.75, 3.05) is 31.4 Å². The highest BCUT2D eigenvalue weighted by atomic mass is 32.2. The summed E-state index contributed by atoms with van der Waals surface area (Å²) in [6.45, 7) is 8.48. The van der Waals surface area contributed by atoms with Gasteiger partial charge in [-0.25, -0.2) is 4.39 Å². The molecular formula is C23H29FN4O2S. The molecule has 3 heterocycles. The third-order valence-corrected chi connectivity index (χ3v) is 5.83. The molecule has 8 heteroatoms. The topological polar surface area (TPSA) is 64.3 Å². The molecule has 0 N–H and O–H groups in total. The van der Waals surface area contributed by atoms with Crippen LogP contribution in [0.15, 0.2) is 45.9 Å². The highest BCUT2D eigenvalue weighted by molar-refractivity contribution is 7.98. The van der Waals surface area contributed by atoms with E-state index in [-0.39, 0.29) is 5.82 Å². The van der Waals surface area contributed by atoms with Gasteiger partial charge in [-0.15, -0.1) is 11.8 Å². The van der Waals surface area contributed by atoms with Crippen molar-refractivity contribution < 1.29 is 13.7 Å². The number of anilines is 1. The van der Waals surface area contributed by atoms with Gasteiger partial charge in [0.1, 0.15) is 11.6 Å². The maximum atomic E-state index is 13.6. The van der Waals surface area contributed by atoms with E-state index in [0.29, 0.717) is 22.6 Å². The van der Waals surface area contributed by atoms with Crippen LogP contribution in [0, 0.1) is 11.7 Å². The van der Waals surface area contributed by atoms with Gasteiger partial charge in [0.15, 0.2) is 5.82 Å². The number of nitrogens with zero attached hydrogens (tertiary/aromatic N) is 4. The van der Waals surface area contributed by atoms with E-state index in [1.165, 1.54) is 24.2 Å². The molecule has 1 aliphatic rings. The monoisotopic (exact) mass is 444 g/mol. The number of hydrogen-bond donors (Lipinski definition) is 0. The Morgan fingerprint density at radius 2 is 2.06 bits per heavy atom. The van der Waals surface area contributed by atoms with Crippen molar-refractivity contribution in [3.63, 3.8) is 0 Å². The van der Waals surface area contributed by atoms with Gasteiger partial charge in [0.05, 0.1) is 19.0 Å². The largest absolute Gasteiger partial charge is 0.495 e. The zero-order valence-corrected chi connectivity index (χ0v) is 19.4. The summed E-state index contributed by atoms with van der Waals surface area (Å²) in [5.74, 6) is 2.36. The average Bonchev–Trinajstić information content (AvgIpc) is 3.43. The molecule has 0 radical (unpaired) electrons. The smallest absolute Gasteiger partial charge is 0.324 e. The fourth-order valence-corrected chi connectivity index (χ4v) is 3.65. The molecule has 1 aromatic carbocycles. The first-order chi connectivity index (χ1) is 14.9. The summed E-state index contributed by atoms with van der Waals surface area (Å²) in [7, 11) is 1.59. The fourth-order valence-electron chi connectivity index (χ4n) is 3.20. The quantitative estimate of drug-likeness (QED) is 0.471. The standard InChI is InChI=1S/C13H12FNOS.C10H17N3O/c1-16-10-4-5-12(15-8-10)9-3-6-13(17-2)11(14)7-9;1-7(2)9-11-10(14-12-9)13-5-4-8(3)6-13/h3-8H,1-2H3;7-8H,4-6H2,1-3H3. The minimum absolute atomic E-state index is 0.215. The maximum Gasteiger partial charge on any atom is 0.324 e. The molecule has 2 aromatic heterocycles. The lowest BCUT2D eigenvalue weighted by molar-refractivity contribution is 0.407. The van der Waals surface area contributed by atoms with Crippen molar-refractivity contribution in [1.82, 2.24) is 15.1 Å². The van der Waals surface area contributed by atoms with E-state index in [1.54, 1.807) is 19.4 Å². The Morgan fingerprint density at radius 1 is 1.26 bits per heavy atom. The van der Waals surface area contributed by atoms with Crippen LogP contribution in [0.2, 0.25) is 0 Å². The molecule has 4 rings (SSSR count). The van der Waals surface area contributed by atoms with E-state index in [1.807, 2.05) is 24.5 Å². The second-order valence-electron chi connectivity index (χ2n) is 7.86. The lowest BCUT2D eigenvalue weighted by Crippen LogP contribution is -2.19. The number of ether oxygens (including phenoxy) is 1. The SMILES string of the molecule is CC1CCN(c2nc(C(C)C)no2)C1.COc1ccc(-c2ccc(SC)c(F)c2)nc1. The first-order valence-electron chi connectivity index (χ1n) is 10.3. The number of thioether (sulfide) groups is 1. The van der Waals surface area contributed by atoms with Crippen molar-refractivity contribution in [3.05, 3.63) is 48.2 Å². The first-order valence-corrected chi connectivity index (χ1v) is 11.6. The third kappa shape index (κ3) is 5.97. The van der Waals surface area contributed by atoms with Crippen LogP contribution in [0.3, 0.4) is 0 Å². The molecule has 31 heavy (non-hydrogen) atoms. The first kappa shape index (κ1) is 23.1. The molecular weight excluding hydrogens is 415 g/mol. The van der Waals surface area contributed by atoms with E-state index in [4.69, 9.17) is 9.26 Å². The van der Waals surface area contributed by atoms with Gasteiger partial charge in [0.2, 0.25) is 0 Å². The van der Waals surface area contributed by atoms with Crippen LogP contribution in [0.25, 0.3) is 11.3 Å². The predicted molar refractivity (Wildman–Crippen MR) is 122 cm³/mol. The lowest BCUT2D eigenvalue weighted by Gasteiger charge is -2.10. The van der Waals surface area contributed by atoms with E-state index in [0.717, 1.165) is 36.1 Å². The average molecular weight is 445 g/mol. The summed E-state index contributed by atoms with van der Waals surface area (Å²) < 4.78 is 23.9. The second-order valence-corrected chi connectivity index (χ2v) is 8.71. The Bertz CT molecular complexity index is 978. The number of halogens is 1. The summed E-state index contributed by atoms with van der Waals surface area (Å²) in [4.78, 5) is 11.4. The van der Waals surface area contributed by atoms with Gasteiger partial charge in [-0.05, 0) is 42.9 Å². The Kier molecular flexibility index (Phi) is 7.90. The molecule has 1 fully saturated rings. The Labute approximate surface area is 187 Å². The van der Waals surface area contributed by atoms with Gasteiger partial charge in [0, 0.05) is 29.5 Å². The molecule has 1 aliphatic heterocycles. The summed E-state index contributed by atoms with van der Waals surface area (Å²) >= 11 is 1.39. The van der Waals surface area contributed by atoms with Gasteiger partial charge in [0.25, 0.3) is 0 Å². The molecule has 0 saturated carbocycles. The second kappa shape index (κ2) is 10.6. The number of pyridine rings is 1. The molecule has 166 valence electrons. The zero-order valence-electron chi connectivity index (χ0n) is 18.6. The molecule has 0 amide bonds. The van der Waals surface area contributed by atoms with Gasteiger partial charge >= 0.3 is 6.01 Å². The van der Waals surface area contributed by atoms with Crippen LogP contribution in [0.4, 0.5) is 10.4 Å². The van der Waals surface area contributed by atoms with Crippen molar-refractivity contribution in [2.24, 2.45) is 5.92 Å². The fraction of sp³-hybridized carbons (Fsp3) is 0.435. The van der Waals surface area contributed by atoms with Crippen LogP contribution in [0.1, 0.15) is 38.9 Å². The van der Waals surface area contributed by atoms with Gasteiger partial charge in [-0.3, -0.25) is 4.98 Å². The molecule has 0 spiro atoms. The van der Waals surface area contributed by atoms with Crippen molar-refractivity contribution in [1.29, 1.82) is 0 Å². The Hall–Kier alpha value is -2.61. The molecule has 1 saturated heterocycles. The van der Waals surface area contributed by atoms with E-state index < -0.39 is 0 Å². The van der Waals surface area contributed by atoms with Crippen molar-refractivity contribution in [2.45, 2.75) is 38.0 Å². The van der Waals surface area contributed by atoms with E-state index in [2.05, 4.69) is 40.8 Å². The van der Waals surface area contributed by atoms with Gasteiger partial charge < -0.3 is 14.2 Å². The van der Waals surface area contributed by atoms with Crippen LogP contribution < -0.4 is 9.64 Å².